The molecule has 0 amide bonds. The third kappa shape index (κ3) is 3.77. The van der Waals surface area contributed by atoms with E-state index in [1.54, 1.807) is 12.1 Å². The van der Waals surface area contributed by atoms with Crippen LogP contribution >= 0.6 is 15.9 Å². The van der Waals surface area contributed by atoms with Gasteiger partial charge in [0.05, 0.1) is 5.60 Å². The second-order valence-electron chi connectivity index (χ2n) is 5.36. The van der Waals surface area contributed by atoms with E-state index in [2.05, 4.69) is 20.8 Å². The zero-order valence-electron chi connectivity index (χ0n) is 10.6. The quantitative estimate of drug-likeness (QED) is 0.905. The zero-order chi connectivity index (χ0) is 13.2. The molecule has 1 aromatic rings. The fourth-order valence-electron chi connectivity index (χ4n) is 2.38. The van der Waals surface area contributed by atoms with Crippen LogP contribution in [-0.4, -0.2) is 28.7 Å². The van der Waals surface area contributed by atoms with Gasteiger partial charge in [0.1, 0.15) is 5.82 Å². The molecule has 100 valence electrons. The Balaban J connectivity index is 2.03. The molecule has 0 aliphatic carbocycles. The summed E-state index contributed by atoms with van der Waals surface area (Å²) in [4.78, 5) is 2.28. The number of benzene rings is 1. The van der Waals surface area contributed by atoms with Gasteiger partial charge in [-0.15, -0.1) is 0 Å². The van der Waals surface area contributed by atoms with E-state index in [0.717, 1.165) is 48.9 Å². The van der Waals surface area contributed by atoms with Crippen molar-refractivity contribution in [3.8, 4) is 0 Å². The SMILES string of the molecule is CC1(O)CCCN(Cc2cc(F)ccc2Br)CC1. The Hall–Kier alpha value is -0.450. The first-order chi connectivity index (χ1) is 8.46. The molecule has 1 fully saturated rings. The maximum absolute atomic E-state index is 13.2. The summed E-state index contributed by atoms with van der Waals surface area (Å²) in [5.74, 6) is -0.199. The fraction of sp³-hybridized carbons (Fsp3) is 0.571. The summed E-state index contributed by atoms with van der Waals surface area (Å²) in [5.41, 5.74) is 0.421. The standard InChI is InChI=1S/C14H19BrFNO/c1-14(18)5-2-7-17(8-6-14)10-11-9-12(16)3-4-13(11)15/h3-4,9,18H,2,5-8,10H2,1H3. The Labute approximate surface area is 116 Å². The maximum atomic E-state index is 13.2. The molecule has 1 N–H and O–H groups in total. The highest BCUT2D eigenvalue weighted by molar-refractivity contribution is 9.10. The van der Waals surface area contributed by atoms with Gasteiger partial charge in [-0.05, 0) is 56.5 Å². The molecule has 0 bridgehead atoms. The first-order valence-corrected chi connectivity index (χ1v) is 7.14. The molecule has 1 saturated heterocycles. The van der Waals surface area contributed by atoms with Gasteiger partial charge in [-0.1, -0.05) is 15.9 Å². The molecular formula is C14H19BrFNO. The second-order valence-corrected chi connectivity index (χ2v) is 6.22. The van der Waals surface area contributed by atoms with Gasteiger partial charge in [0.2, 0.25) is 0 Å². The summed E-state index contributed by atoms with van der Waals surface area (Å²) in [6.45, 7) is 4.44. The number of likely N-dealkylation sites (tertiary alicyclic amines) is 1. The second kappa shape index (κ2) is 5.68. The summed E-state index contributed by atoms with van der Waals surface area (Å²) in [5, 5.41) is 10.0. The Kier molecular flexibility index (Phi) is 4.41. The highest BCUT2D eigenvalue weighted by Gasteiger charge is 2.25. The van der Waals surface area contributed by atoms with Gasteiger partial charge in [0.15, 0.2) is 0 Å². The Morgan fingerprint density at radius 2 is 2.17 bits per heavy atom. The highest BCUT2D eigenvalue weighted by Crippen LogP contribution is 2.24. The van der Waals surface area contributed by atoms with E-state index in [0.29, 0.717) is 0 Å². The molecule has 0 saturated carbocycles. The van der Waals surface area contributed by atoms with Crippen molar-refractivity contribution in [1.29, 1.82) is 0 Å². The number of nitrogens with zero attached hydrogens (tertiary/aromatic N) is 1. The molecule has 4 heteroatoms. The number of hydrogen-bond acceptors (Lipinski definition) is 2. The Morgan fingerprint density at radius 1 is 1.39 bits per heavy atom. The van der Waals surface area contributed by atoms with Gasteiger partial charge in [0.25, 0.3) is 0 Å². The molecule has 18 heavy (non-hydrogen) atoms. The smallest absolute Gasteiger partial charge is 0.123 e. The Morgan fingerprint density at radius 3 is 2.94 bits per heavy atom. The van der Waals surface area contributed by atoms with Gasteiger partial charge >= 0.3 is 0 Å². The minimum atomic E-state index is -0.548. The summed E-state index contributed by atoms with van der Waals surface area (Å²) < 4.78 is 14.2. The van der Waals surface area contributed by atoms with Gasteiger partial charge in [-0.3, -0.25) is 4.90 Å². The predicted molar refractivity (Wildman–Crippen MR) is 73.9 cm³/mol. The van der Waals surface area contributed by atoms with Crippen molar-refractivity contribution < 1.29 is 9.50 Å². The highest BCUT2D eigenvalue weighted by atomic mass is 79.9. The molecule has 0 radical (unpaired) electrons. The average molecular weight is 316 g/mol. The minimum Gasteiger partial charge on any atom is -0.390 e. The molecule has 1 heterocycles. The van der Waals surface area contributed by atoms with Crippen LogP contribution < -0.4 is 0 Å². The van der Waals surface area contributed by atoms with E-state index in [-0.39, 0.29) is 5.82 Å². The number of aliphatic hydroxyl groups is 1. The lowest BCUT2D eigenvalue weighted by atomic mass is 9.98. The van der Waals surface area contributed by atoms with E-state index in [1.165, 1.54) is 6.07 Å². The molecule has 1 aromatic carbocycles. The van der Waals surface area contributed by atoms with E-state index < -0.39 is 5.60 Å². The van der Waals surface area contributed by atoms with Crippen LogP contribution in [0, 0.1) is 5.82 Å². The zero-order valence-corrected chi connectivity index (χ0v) is 12.2. The predicted octanol–water partition coefficient (Wildman–Crippen LogP) is 3.33. The normalized spacial score (nSPS) is 26.0. The average Bonchev–Trinajstić information content (AvgIpc) is 2.46. The molecule has 0 aromatic heterocycles. The molecule has 2 rings (SSSR count). The van der Waals surface area contributed by atoms with E-state index in [4.69, 9.17) is 0 Å². The van der Waals surface area contributed by atoms with Gasteiger partial charge in [-0.2, -0.15) is 0 Å². The molecule has 1 unspecified atom stereocenters. The summed E-state index contributed by atoms with van der Waals surface area (Å²) in [7, 11) is 0. The van der Waals surface area contributed by atoms with E-state index in [1.807, 2.05) is 6.92 Å². The van der Waals surface area contributed by atoms with Crippen LogP contribution in [0.25, 0.3) is 0 Å². The van der Waals surface area contributed by atoms with Crippen molar-refractivity contribution in [1.82, 2.24) is 4.90 Å². The third-order valence-corrected chi connectivity index (χ3v) is 4.33. The van der Waals surface area contributed by atoms with Crippen molar-refractivity contribution in [2.24, 2.45) is 0 Å². The maximum Gasteiger partial charge on any atom is 0.123 e. The molecule has 1 aliphatic rings. The first-order valence-electron chi connectivity index (χ1n) is 6.35. The van der Waals surface area contributed by atoms with E-state index >= 15 is 0 Å². The lowest BCUT2D eigenvalue weighted by Crippen LogP contribution is -2.28. The molecule has 1 atom stereocenters. The van der Waals surface area contributed by atoms with Crippen LogP contribution in [0.2, 0.25) is 0 Å². The van der Waals surface area contributed by atoms with Gasteiger partial charge < -0.3 is 5.11 Å². The van der Waals surface area contributed by atoms with Crippen molar-refractivity contribution in [2.45, 2.75) is 38.3 Å². The molecule has 0 spiro atoms. The largest absolute Gasteiger partial charge is 0.390 e. The number of rotatable bonds is 2. The topological polar surface area (TPSA) is 23.5 Å². The molecule has 2 nitrogen and oxygen atoms in total. The van der Waals surface area contributed by atoms with Crippen LogP contribution in [0.4, 0.5) is 4.39 Å². The van der Waals surface area contributed by atoms with Crippen LogP contribution in [0.15, 0.2) is 22.7 Å². The number of hydrogen-bond donors (Lipinski definition) is 1. The van der Waals surface area contributed by atoms with Crippen LogP contribution in [0.3, 0.4) is 0 Å². The monoisotopic (exact) mass is 315 g/mol. The summed E-state index contributed by atoms with van der Waals surface area (Å²) in [6.07, 6.45) is 2.60. The van der Waals surface area contributed by atoms with Crippen LogP contribution in [-0.2, 0) is 6.54 Å². The van der Waals surface area contributed by atoms with Crippen molar-refractivity contribution in [3.63, 3.8) is 0 Å². The third-order valence-electron chi connectivity index (χ3n) is 3.56. The lowest BCUT2D eigenvalue weighted by Gasteiger charge is -2.22. The van der Waals surface area contributed by atoms with Gasteiger partial charge in [-0.25, -0.2) is 4.39 Å². The first kappa shape index (κ1) is 14.0. The van der Waals surface area contributed by atoms with E-state index in [9.17, 15) is 9.50 Å². The lowest BCUT2D eigenvalue weighted by molar-refractivity contribution is 0.0444. The van der Waals surface area contributed by atoms with Crippen LogP contribution in [0.5, 0.6) is 0 Å². The fourth-order valence-corrected chi connectivity index (χ4v) is 2.75. The molecular weight excluding hydrogens is 297 g/mol. The molecule has 1 aliphatic heterocycles. The van der Waals surface area contributed by atoms with Crippen LogP contribution in [0.1, 0.15) is 31.7 Å². The summed E-state index contributed by atoms with van der Waals surface area (Å²) >= 11 is 3.46. The Bertz CT molecular complexity index is 422. The summed E-state index contributed by atoms with van der Waals surface area (Å²) in [6, 6.07) is 4.78. The van der Waals surface area contributed by atoms with Gasteiger partial charge in [0, 0.05) is 17.6 Å². The van der Waals surface area contributed by atoms with Crippen molar-refractivity contribution in [2.75, 3.05) is 13.1 Å². The minimum absolute atomic E-state index is 0.199. The van der Waals surface area contributed by atoms with Crippen molar-refractivity contribution >= 4 is 15.9 Å². The van der Waals surface area contributed by atoms with Crippen molar-refractivity contribution in [3.05, 3.63) is 34.1 Å². The number of halogens is 2.